The molecule has 0 aliphatic rings. The van der Waals surface area contributed by atoms with Gasteiger partial charge in [-0.05, 0) is 23.8 Å². The summed E-state index contributed by atoms with van der Waals surface area (Å²) in [5, 5.41) is 6.63. The summed E-state index contributed by atoms with van der Waals surface area (Å²) in [5.74, 6) is 1.33. The summed E-state index contributed by atoms with van der Waals surface area (Å²) in [5.41, 5.74) is 1.97. The molecule has 2 N–H and O–H groups in total. The van der Waals surface area contributed by atoms with Gasteiger partial charge in [-0.25, -0.2) is 4.39 Å². The lowest BCUT2D eigenvalue weighted by Gasteiger charge is -2.27. The van der Waals surface area contributed by atoms with E-state index in [-0.39, 0.29) is 11.2 Å². The van der Waals surface area contributed by atoms with Gasteiger partial charge in [0, 0.05) is 31.1 Å². The lowest BCUT2D eigenvalue weighted by molar-refractivity contribution is 0.409. The quantitative estimate of drug-likeness (QED) is 0.623. The second-order valence-electron chi connectivity index (χ2n) is 6.48. The number of guanidine groups is 1. The van der Waals surface area contributed by atoms with E-state index in [1.807, 2.05) is 36.4 Å². The minimum atomic E-state index is -0.221. The van der Waals surface area contributed by atoms with E-state index in [0.29, 0.717) is 19.0 Å². The summed E-state index contributed by atoms with van der Waals surface area (Å²) in [6.45, 7) is 5.51. The molecule has 2 aromatic carbocycles. The van der Waals surface area contributed by atoms with Crippen LogP contribution < -0.4 is 15.4 Å². The molecule has 0 atom stereocenters. The third-order valence-corrected chi connectivity index (χ3v) is 4.19. The van der Waals surface area contributed by atoms with Gasteiger partial charge in [-0.3, -0.25) is 4.99 Å². The van der Waals surface area contributed by atoms with Crippen LogP contribution in [0.2, 0.25) is 0 Å². The van der Waals surface area contributed by atoms with Gasteiger partial charge in [0.05, 0.1) is 7.11 Å². The van der Waals surface area contributed by atoms with Gasteiger partial charge in [-0.2, -0.15) is 0 Å². The monoisotopic (exact) mass is 343 g/mol. The second-order valence-corrected chi connectivity index (χ2v) is 6.48. The van der Waals surface area contributed by atoms with Crippen molar-refractivity contribution in [1.82, 2.24) is 10.6 Å². The Balaban J connectivity index is 1.94. The Kier molecular flexibility index (Phi) is 6.39. The van der Waals surface area contributed by atoms with Crippen LogP contribution >= 0.6 is 0 Å². The Hall–Kier alpha value is -2.56. The third-order valence-electron chi connectivity index (χ3n) is 4.19. The Morgan fingerprint density at radius 3 is 2.40 bits per heavy atom. The molecule has 0 saturated carbocycles. The second kappa shape index (κ2) is 8.51. The number of hydrogen-bond donors (Lipinski definition) is 2. The van der Waals surface area contributed by atoms with Crippen LogP contribution in [0.1, 0.15) is 25.0 Å². The van der Waals surface area contributed by atoms with Gasteiger partial charge in [0.2, 0.25) is 0 Å². The van der Waals surface area contributed by atoms with Crippen molar-refractivity contribution in [3.05, 3.63) is 65.5 Å². The van der Waals surface area contributed by atoms with Crippen molar-refractivity contribution in [2.24, 2.45) is 4.99 Å². The number of methoxy groups -OCH3 is 1. The molecule has 5 heteroatoms. The summed E-state index contributed by atoms with van der Waals surface area (Å²) in [6.07, 6.45) is 0. The van der Waals surface area contributed by atoms with Crippen molar-refractivity contribution >= 4 is 5.96 Å². The number of aliphatic imine (C=N–C) groups is 1. The van der Waals surface area contributed by atoms with Gasteiger partial charge >= 0.3 is 0 Å². The van der Waals surface area contributed by atoms with E-state index in [4.69, 9.17) is 4.74 Å². The SMILES string of the molecule is CN=C(NCc1ccccc1OC)NCC(C)(C)c1ccc(F)cc1. The molecule has 0 fully saturated rings. The average Bonchev–Trinajstić information content (AvgIpc) is 2.62. The molecule has 2 aromatic rings. The van der Waals surface area contributed by atoms with E-state index in [1.54, 1.807) is 14.2 Å². The smallest absolute Gasteiger partial charge is 0.191 e. The highest BCUT2D eigenvalue weighted by Gasteiger charge is 2.21. The van der Waals surface area contributed by atoms with E-state index in [2.05, 4.69) is 29.5 Å². The maximum Gasteiger partial charge on any atom is 0.191 e. The number of nitrogens with one attached hydrogen (secondary N) is 2. The van der Waals surface area contributed by atoms with Crippen molar-refractivity contribution in [2.45, 2.75) is 25.8 Å². The Morgan fingerprint density at radius 2 is 1.76 bits per heavy atom. The normalized spacial score (nSPS) is 12.0. The Morgan fingerprint density at radius 1 is 1.08 bits per heavy atom. The van der Waals surface area contributed by atoms with Crippen molar-refractivity contribution in [2.75, 3.05) is 20.7 Å². The first kappa shape index (κ1) is 18.8. The molecule has 134 valence electrons. The first-order valence-electron chi connectivity index (χ1n) is 8.29. The molecule has 0 spiro atoms. The lowest BCUT2D eigenvalue weighted by Crippen LogP contribution is -2.43. The fourth-order valence-corrected chi connectivity index (χ4v) is 2.56. The predicted molar refractivity (Wildman–Crippen MR) is 101 cm³/mol. The summed E-state index contributed by atoms with van der Waals surface area (Å²) in [7, 11) is 3.40. The van der Waals surface area contributed by atoms with Crippen LogP contribution in [0.3, 0.4) is 0 Å². The number of nitrogens with zero attached hydrogens (tertiary/aromatic N) is 1. The average molecular weight is 343 g/mol. The number of para-hydroxylation sites is 1. The van der Waals surface area contributed by atoms with Crippen molar-refractivity contribution in [1.29, 1.82) is 0 Å². The largest absolute Gasteiger partial charge is 0.496 e. The molecular formula is C20H26FN3O. The number of hydrogen-bond acceptors (Lipinski definition) is 2. The van der Waals surface area contributed by atoms with Crippen molar-refractivity contribution < 1.29 is 9.13 Å². The highest BCUT2D eigenvalue weighted by molar-refractivity contribution is 5.79. The highest BCUT2D eigenvalue weighted by atomic mass is 19.1. The van der Waals surface area contributed by atoms with Crippen LogP contribution in [-0.4, -0.2) is 26.7 Å². The van der Waals surface area contributed by atoms with E-state index >= 15 is 0 Å². The molecule has 0 amide bonds. The predicted octanol–water partition coefficient (Wildman–Crippen LogP) is 3.48. The minimum absolute atomic E-state index is 0.157. The fraction of sp³-hybridized carbons (Fsp3) is 0.350. The fourth-order valence-electron chi connectivity index (χ4n) is 2.56. The van der Waals surface area contributed by atoms with Gasteiger partial charge in [-0.15, -0.1) is 0 Å². The number of rotatable bonds is 6. The Bertz CT molecular complexity index is 711. The van der Waals surface area contributed by atoms with Crippen LogP contribution in [0, 0.1) is 5.82 Å². The first-order chi connectivity index (χ1) is 12.0. The highest BCUT2D eigenvalue weighted by Crippen LogP contribution is 2.22. The number of benzene rings is 2. The Labute approximate surface area is 149 Å². The standard InChI is InChI=1S/C20H26FN3O/c1-20(2,16-9-11-17(21)12-10-16)14-24-19(22-3)23-13-15-7-5-6-8-18(15)25-4/h5-12H,13-14H2,1-4H3,(H2,22,23,24). The topological polar surface area (TPSA) is 45.7 Å². The summed E-state index contributed by atoms with van der Waals surface area (Å²) < 4.78 is 18.5. The van der Waals surface area contributed by atoms with Crippen LogP contribution in [0.4, 0.5) is 4.39 Å². The molecule has 0 radical (unpaired) electrons. The zero-order valence-corrected chi connectivity index (χ0v) is 15.3. The van der Waals surface area contributed by atoms with Crippen LogP contribution in [0.25, 0.3) is 0 Å². The molecule has 2 rings (SSSR count). The molecule has 0 bridgehead atoms. The molecular weight excluding hydrogens is 317 g/mol. The van der Waals surface area contributed by atoms with Crippen molar-refractivity contribution in [3.63, 3.8) is 0 Å². The van der Waals surface area contributed by atoms with Gasteiger partial charge in [0.25, 0.3) is 0 Å². The van der Waals surface area contributed by atoms with E-state index < -0.39 is 0 Å². The summed E-state index contributed by atoms with van der Waals surface area (Å²) >= 11 is 0. The van der Waals surface area contributed by atoms with Crippen molar-refractivity contribution in [3.8, 4) is 5.75 Å². The van der Waals surface area contributed by atoms with Gasteiger partial charge < -0.3 is 15.4 Å². The van der Waals surface area contributed by atoms with E-state index in [1.165, 1.54) is 12.1 Å². The molecule has 0 aliphatic heterocycles. The molecule has 0 saturated heterocycles. The zero-order chi connectivity index (χ0) is 18.3. The molecule has 0 unspecified atom stereocenters. The number of halogens is 1. The molecule has 0 heterocycles. The molecule has 0 aliphatic carbocycles. The maximum absolute atomic E-state index is 13.1. The molecule has 4 nitrogen and oxygen atoms in total. The molecule has 25 heavy (non-hydrogen) atoms. The van der Waals surface area contributed by atoms with Gasteiger partial charge in [-0.1, -0.05) is 44.2 Å². The van der Waals surface area contributed by atoms with E-state index in [9.17, 15) is 4.39 Å². The zero-order valence-electron chi connectivity index (χ0n) is 15.3. The van der Waals surface area contributed by atoms with Gasteiger partial charge in [0.1, 0.15) is 11.6 Å². The summed E-state index contributed by atoms with van der Waals surface area (Å²) in [4.78, 5) is 4.26. The number of ether oxygens (including phenoxy) is 1. The van der Waals surface area contributed by atoms with Crippen LogP contribution in [-0.2, 0) is 12.0 Å². The lowest BCUT2D eigenvalue weighted by atomic mass is 9.84. The van der Waals surface area contributed by atoms with Gasteiger partial charge in [0.15, 0.2) is 5.96 Å². The maximum atomic E-state index is 13.1. The third kappa shape index (κ3) is 5.21. The summed E-state index contributed by atoms with van der Waals surface area (Å²) in [6, 6.07) is 14.5. The minimum Gasteiger partial charge on any atom is -0.496 e. The van der Waals surface area contributed by atoms with E-state index in [0.717, 1.165) is 16.9 Å². The van der Waals surface area contributed by atoms with Crippen LogP contribution in [0.5, 0.6) is 5.75 Å². The first-order valence-corrected chi connectivity index (χ1v) is 8.29. The van der Waals surface area contributed by atoms with Crippen LogP contribution in [0.15, 0.2) is 53.5 Å². The molecule has 0 aromatic heterocycles.